The Morgan fingerprint density at radius 1 is 1.23 bits per heavy atom. The van der Waals surface area contributed by atoms with Gasteiger partial charge in [0.25, 0.3) is 0 Å². The van der Waals surface area contributed by atoms with E-state index < -0.39 is 18.3 Å². The number of unbranched alkanes of at least 4 members (excludes halogenated alkanes) is 5. The highest BCUT2D eigenvalue weighted by molar-refractivity contribution is 5.89. The van der Waals surface area contributed by atoms with Gasteiger partial charge in [0.15, 0.2) is 5.82 Å². The third kappa shape index (κ3) is 9.13. The van der Waals surface area contributed by atoms with Crippen molar-refractivity contribution in [1.82, 2.24) is 5.16 Å². The summed E-state index contributed by atoms with van der Waals surface area (Å²) in [5, 5.41) is 37.3. The second-order valence-corrected chi connectivity index (χ2v) is 8.88. The molecule has 31 heavy (non-hydrogen) atoms. The molecule has 1 aliphatic carbocycles. The number of hydrogen-bond acceptors (Lipinski definition) is 6. The smallest absolute Gasteiger partial charge is 0.225 e. The highest BCUT2D eigenvalue weighted by Gasteiger charge is 2.39. The Labute approximate surface area is 185 Å². The number of carbonyl (C=O) groups excluding carboxylic acids is 1. The van der Waals surface area contributed by atoms with Crippen molar-refractivity contribution in [1.29, 1.82) is 0 Å². The highest BCUT2D eigenvalue weighted by atomic mass is 16.5. The van der Waals surface area contributed by atoms with Gasteiger partial charge in [0.05, 0.1) is 18.3 Å². The molecular formula is C24H40N2O5. The van der Waals surface area contributed by atoms with Crippen molar-refractivity contribution >= 4 is 11.7 Å². The predicted octanol–water partition coefficient (Wildman–Crippen LogP) is 4.12. The molecule has 2 rings (SSSR count). The van der Waals surface area contributed by atoms with Crippen LogP contribution in [-0.4, -0.2) is 44.7 Å². The number of aromatic nitrogens is 1. The molecule has 0 saturated heterocycles. The maximum Gasteiger partial charge on any atom is 0.225 e. The van der Waals surface area contributed by atoms with E-state index in [9.17, 15) is 20.1 Å². The Morgan fingerprint density at radius 2 is 2.00 bits per heavy atom. The van der Waals surface area contributed by atoms with Crippen LogP contribution in [0, 0.1) is 18.8 Å². The van der Waals surface area contributed by atoms with E-state index in [-0.39, 0.29) is 17.7 Å². The summed E-state index contributed by atoms with van der Waals surface area (Å²) in [4.78, 5) is 11.9. The van der Waals surface area contributed by atoms with Gasteiger partial charge in [-0.1, -0.05) is 62.8 Å². The molecule has 1 fully saturated rings. The monoisotopic (exact) mass is 436 g/mol. The SMILES string of the molecule is CCCCCC(O)C=CC1C(O)CC(O)C1CCCCCCC(=O)Nc1cc(C)on1. The van der Waals surface area contributed by atoms with Gasteiger partial charge < -0.3 is 25.2 Å². The quantitative estimate of drug-likeness (QED) is 0.258. The summed E-state index contributed by atoms with van der Waals surface area (Å²) < 4.78 is 4.93. The van der Waals surface area contributed by atoms with Gasteiger partial charge in [-0.05, 0) is 32.1 Å². The van der Waals surface area contributed by atoms with Crippen LogP contribution in [0.4, 0.5) is 5.82 Å². The van der Waals surface area contributed by atoms with E-state index in [0.717, 1.165) is 57.8 Å². The topological polar surface area (TPSA) is 116 Å². The van der Waals surface area contributed by atoms with Crippen LogP contribution in [0.2, 0.25) is 0 Å². The summed E-state index contributed by atoms with van der Waals surface area (Å²) in [5.74, 6) is 0.963. The molecule has 1 heterocycles. The maximum absolute atomic E-state index is 11.9. The summed E-state index contributed by atoms with van der Waals surface area (Å²) in [6.07, 6.45) is 11.5. The van der Waals surface area contributed by atoms with E-state index in [1.165, 1.54) is 0 Å². The number of aliphatic hydroxyl groups is 3. The average Bonchev–Trinajstić information content (AvgIpc) is 3.24. The number of aryl methyl sites for hydroxylation is 1. The van der Waals surface area contributed by atoms with Crippen molar-refractivity contribution in [3.05, 3.63) is 24.0 Å². The van der Waals surface area contributed by atoms with E-state index >= 15 is 0 Å². The first-order valence-electron chi connectivity index (χ1n) is 11.9. The Hall–Kier alpha value is -1.70. The molecule has 0 radical (unpaired) electrons. The van der Waals surface area contributed by atoms with Gasteiger partial charge in [0, 0.05) is 24.8 Å². The number of carbonyl (C=O) groups is 1. The molecule has 0 aromatic carbocycles. The van der Waals surface area contributed by atoms with Crippen LogP contribution in [0.3, 0.4) is 0 Å². The van der Waals surface area contributed by atoms with Crippen molar-refractivity contribution in [2.75, 3.05) is 5.32 Å². The minimum atomic E-state index is -0.553. The standard InChI is InChI=1S/C24H40N2O5/c1-3-4-7-10-18(27)13-14-20-19(21(28)16-22(20)29)11-8-5-6-9-12-24(30)25-23-15-17(2)31-26-23/h13-15,18-22,27-29H,3-12,16H2,1-2H3,(H,25,26,30). The number of anilines is 1. The van der Waals surface area contributed by atoms with Crippen LogP contribution in [0.25, 0.3) is 0 Å². The minimum Gasteiger partial charge on any atom is -0.393 e. The van der Waals surface area contributed by atoms with E-state index in [4.69, 9.17) is 4.52 Å². The number of aliphatic hydroxyl groups excluding tert-OH is 3. The molecule has 7 nitrogen and oxygen atoms in total. The van der Waals surface area contributed by atoms with Gasteiger partial charge in [-0.25, -0.2) is 0 Å². The molecule has 1 aliphatic rings. The van der Waals surface area contributed by atoms with Crippen LogP contribution < -0.4 is 5.32 Å². The fourth-order valence-electron chi connectivity index (χ4n) is 4.38. The van der Waals surface area contributed by atoms with E-state index in [2.05, 4.69) is 17.4 Å². The van der Waals surface area contributed by atoms with Gasteiger partial charge in [0.1, 0.15) is 5.76 Å². The maximum atomic E-state index is 11.9. The Morgan fingerprint density at radius 3 is 2.71 bits per heavy atom. The summed E-state index contributed by atoms with van der Waals surface area (Å²) in [7, 11) is 0. The van der Waals surface area contributed by atoms with Crippen LogP contribution >= 0.6 is 0 Å². The summed E-state index contributed by atoms with van der Waals surface area (Å²) >= 11 is 0. The zero-order chi connectivity index (χ0) is 22.6. The van der Waals surface area contributed by atoms with Crippen molar-refractivity contribution in [3.8, 4) is 0 Å². The fourth-order valence-corrected chi connectivity index (χ4v) is 4.38. The molecule has 0 spiro atoms. The largest absolute Gasteiger partial charge is 0.393 e. The van der Waals surface area contributed by atoms with Crippen LogP contribution in [0.1, 0.15) is 83.3 Å². The molecule has 7 heteroatoms. The summed E-state index contributed by atoms with van der Waals surface area (Å²) in [5.41, 5.74) is 0. The second-order valence-electron chi connectivity index (χ2n) is 8.88. The van der Waals surface area contributed by atoms with Crippen LogP contribution in [0.15, 0.2) is 22.7 Å². The van der Waals surface area contributed by atoms with Crippen LogP contribution in [0.5, 0.6) is 0 Å². The number of hydrogen-bond donors (Lipinski definition) is 4. The predicted molar refractivity (Wildman–Crippen MR) is 120 cm³/mol. The number of amides is 1. The molecule has 1 aromatic heterocycles. The Bertz CT molecular complexity index is 675. The lowest BCUT2D eigenvalue weighted by molar-refractivity contribution is -0.116. The molecule has 1 aromatic rings. The first-order chi connectivity index (χ1) is 14.9. The molecule has 1 amide bonds. The van der Waals surface area contributed by atoms with Crippen molar-refractivity contribution < 1.29 is 24.6 Å². The zero-order valence-electron chi connectivity index (χ0n) is 19.0. The third-order valence-electron chi connectivity index (χ3n) is 6.16. The minimum absolute atomic E-state index is 0.0211. The van der Waals surface area contributed by atoms with Gasteiger partial charge in [-0.3, -0.25) is 4.79 Å². The van der Waals surface area contributed by atoms with Gasteiger partial charge >= 0.3 is 0 Å². The fraction of sp³-hybridized carbons (Fsp3) is 0.750. The molecule has 1 saturated carbocycles. The lowest BCUT2D eigenvalue weighted by atomic mass is 9.88. The molecule has 0 bridgehead atoms. The third-order valence-corrected chi connectivity index (χ3v) is 6.16. The Balaban J connectivity index is 1.65. The van der Waals surface area contributed by atoms with Crippen LogP contribution in [-0.2, 0) is 4.79 Å². The van der Waals surface area contributed by atoms with Crippen molar-refractivity contribution in [2.45, 2.75) is 103 Å². The lowest BCUT2D eigenvalue weighted by Gasteiger charge is -2.21. The first kappa shape index (κ1) is 25.6. The highest BCUT2D eigenvalue weighted by Crippen LogP contribution is 2.37. The van der Waals surface area contributed by atoms with Crippen molar-refractivity contribution in [2.24, 2.45) is 11.8 Å². The first-order valence-corrected chi connectivity index (χ1v) is 11.9. The average molecular weight is 437 g/mol. The number of rotatable bonds is 14. The number of nitrogens with zero attached hydrogens (tertiary/aromatic N) is 1. The molecule has 176 valence electrons. The molecule has 5 atom stereocenters. The van der Waals surface area contributed by atoms with E-state index in [1.54, 1.807) is 19.1 Å². The normalized spacial score (nSPS) is 24.7. The molecule has 5 unspecified atom stereocenters. The summed E-state index contributed by atoms with van der Waals surface area (Å²) in [6, 6.07) is 1.69. The van der Waals surface area contributed by atoms with E-state index in [1.807, 2.05) is 6.08 Å². The zero-order valence-corrected chi connectivity index (χ0v) is 19.0. The van der Waals surface area contributed by atoms with Gasteiger partial charge in [0.2, 0.25) is 5.91 Å². The molecule has 0 aliphatic heterocycles. The van der Waals surface area contributed by atoms with Gasteiger partial charge in [-0.15, -0.1) is 0 Å². The molecule has 4 N–H and O–H groups in total. The second kappa shape index (κ2) is 13.7. The number of nitrogens with one attached hydrogen (secondary N) is 1. The van der Waals surface area contributed by atoms with Crippen molar-refractivity contribution in [3.63, 3.8) is 0 Å². The van der Waals surface area contributed by atoms with E-state index in [0.29, 0.717) is 24.4 Å². The lowest BCUT2D eigenvalue weighted by Crippen LogP contribution is -2.21. The Kier molecular flexibility index (Phi) is 11.3. The summed E-state index contributed by atoms with van der Waals surface area (Å²) in [6.45, 7) is 3.91. The molecular weight excluding hydrogens is 396 g/mol. The van der Waals surface area contributed by atoms with Gasteiger partial charge in [-0.2, -0.15) is 0 Å².